The van der Waals surface area contributed by atoms with Gasteiger partial charge in [-0.25, -0.2) is 8.78 Å². The van der Waals surface area contributed by atoms with E-state index in [1.807, 2.05) is 6.92 Å². The molecule has 0 spiro atoms. The Morgan fingerprint density at radius 3 is 2.31 bits per heavy atom. The predicted octanol–water partition coefficient (Wildman–Crippen LogP) is 2.17. The molecule has 16 heavy (non-hydrogen) atoms. The second-order valence-corrected chi connectivity index (χ2v) is 3.88. The number of halogens is 2. The summed E-state index contributed by atoms with van der Waals surface area (Å²) in [7, 11) is 0. The Bertz CT molecular complexity index is 322. The summed E-state index contributed by atoms with van der Waals surface area (Å²) < 4.78 is 26.7. The van der Waals surface area contributed by atoms with Crippen LogP contribution in [0.15, 0.2) is 18.2 Å². The van der Waals surface area contributed by atoms with E-state index in [4.69, 9.17) is 0 Å². The van der Waals surface area contributed by atoms with E-state index in [0.29, 0.717) is 13.1 Å². The Morgan fingerprint density at radius 1 is 1.31 bits per heavy atom. The maximum Gasteiger partial charge on any atom is 0.130 e. The fourth-order valence-electron chi connectivity index (χ4n) is 1.59. The first-order chi connectivity index (χ1) is 7.54. The van der Waals surface area contributed by atoms with Crippen LogP contribution in [0.2, 0.25) is 0 Å². The third kappa shape index (κ3) is 3.54. The predicted molar refractivity (Wildman–Crippen MR) is 59.0 cm³/mol. The molecule has 0 aliphatic heterocycles. The minimum atomic E-state index is -0.538. The Hall–Kier alpha value is -1.00. The number of benzene rings is 1. The van der Waals surface area contributed by atoms with Crippen molar-refractivity contribution < 1.29 is 13.9 Å². The van der Waals surface area contributed by atoms with Crippen LogP contribution in [0.1, 0.15) is 19.4 Å². The lowest BCUT2D eigenvalue weighted by Crippen LogP contribution is -2.31. The van der Waals surface area contributed by atoms with E-state index in [-0.39, 0.29) is 12.1 Å². The topological polar surface area (TPSA) is 23.5 Å². The van der Waals surface area contributed by atoms with E-state index < -0.39 is 17.7 Å². The normalized spacial score (nSPS) is 13.1. The molecule has 0 saturated carbocycles. The van der Waals surface area contributed by atoms with E-state index in [1.165, 1.54) is 18.2 Å². The smallest absolute Gasteiger partial charge is 0.130 e. The van der Waals surface area contributed by atoms with E-state index >= 15 is 0 Å². The maximum atomic E-state index is 13.4. The van der Waals surface area contributed by atoms with Gasteiger partial charge >= 0.3 is 0 Å². The number of aliphatic hydroxyl groups is 1. The van der Waals surface area contributed by atoms with Crippen molar-refractivity contribution in [3.63, 3.8) is 0 Å². The molecule has 0 aromatic heterocycles. The molecule has 1 aromatic carbocycles. The van der Waals surface area contributed by atoms with Gasteiger partial charge in [0, 0.05) is 18.7 Å². The fraction of sp³-hybridized carbons (Fsp3) is 0.500. The molecule has 0 heterocycles. The SMILES string of the molecule is CCN(Cc1c(F)cccc1F)CC(C)O. The second kappa shape index (κ2) is 5.92. The Labute approximate surface area is 94.5 Å². The molecule has 1 atom stereocenters. The summed E-state index contributed by atoms with van der Waals surface area (Å²) in [5.74, 6) is -1.08. The second-order valence-electron chi connectivity index (χ2n) is 3.88. The lowest BCUT2D eigenvalue weighted by atomic mass is 10.1. The minimum Gasteiger partial charge on any atom is -0.392 e. The number of hydrogen-bond donors (Lipinski definition) is 1. The van der Waals surface area contributed by atoms with Crippen LogP contribution in [0, 0.1) is 11.6 Å². The van der Waals surface area contributed by atoms with Gasteiger partial charge in [0.2, 0.25) is 0 Å². The van der Waals surface area contributed by atoms with Crippen molar-refractivity contribution in [1.29, 1.82) is 0 Å². The van der Waals surface area contributed by atoms with Crippen molar-refractivity contribution in [2.75, 3.05) is 13.1 Å². The zero-order chi connectivity index (χ0) is 12.1. The molecule has 0 aliphatic rings. The van der Waals surface area contributed by atoms with Gasteiger partial charge in [0.25, 0.3) is 0 Å². The van der Waals surface area contributed by atoms with Crippen molar-refractivity contribution >= 4 is 0 Å². The summed E-state index contributed by atoms with van der Waals surface area (Å²) in [5, 5.41) is 9.24. The van der Waals surface area contributed by atoms with Crippen molar-refractivity contribution in [3.05, 3.63) is 35.4 Å². The average Bonchev–Trinajstić information content (AvgIpc) is 2.21. The molecular weight excluding hydrogens is 212 g/mol. The first kappa shape index (κ1) is 13.1. The molecule has 1 N–H and O–H groups in total. The standard InChI is InChI=1S/C12H17F2NO/c1-3-15(7-9(2)16)8-10-11(13)5-4-6-12(10)14/h4-6,9,16H,3,7-8H2,1-2H3. The van der Waals surface area contributed by atoms with E-state index in [0.717, 1.165) is 0 Å². The van der Waals surface area contributed by atoms with Crippen LogP contribution in [0.3, 0.4) is 0 Å². The highest BCUT2D eigenvalue weighted by Crippen LogP contribution is 2.14. The summed E-state index contributed by atoms with van der Waals surface area (Å²) in [6, 6.07) is 3.84. The molecule has 0 bridgehead atoms. The summed E-state index contributed by atoms with van der Waals surface area (Å²) in [4.78, 5) is 1.80. The van der Waals surface area contributed by atoms with Crippen molar-refractivity contribution in [3.8, 4) is 0 Å². The Kier molecular flexibility index (Phi) is 4.83. The molecule has 0 radical (unpaired) electrons. The average molecular weight is 229 g/mol. The van der Waals surface area contributed by atoms with Crippen molar-refractivity contribution in [1.82, 2.24) is 4.90 Å². The van der Waals surface area contributed by atoms with Crippen LogP contribution >= 0.6 is 0 Å². The van der Waals surface area contributed by atoms with Gasteiger partial charge in [-0.1, -0.05) is 13.0 Å². The molecule has 0 amide bonds. The fourth-order valence-corrected chi connectivity index (χ4v) is 1.59. The third-order valence-corrected chi connectivity index (χ3v) is 2.41. The van der Waals surface area contributed by atoms with Gasteiger partial charge in [0.05, 0.1) is 6.10 Å². The highest BCUT2D eigenvalue weighted by molar-refractivity contribution is 5.19. The maximum absolute atomic E-state index is 13.4. The third-order valence-electron chi connectivity index (χ3n) is 2.41. The number of nitrogens with zero attached hydrogens (tertiary/aromatic N) is 1. The van der Waals surface area contributed by atoms with Gasteiger partial charge in [0.15, 0.2) is 0 Å². The summed E-state index contributed by atoms with van der Waals surface area (Å²) in [6.07, 6.45) is -0.505. The zero-order valence-corrected chi connectivity index (χ0v) is 9.58. The molecule has 0 saturated heterocycles. The highest BCUT2D eigenvalue weighted by atomic mass is 19.1. The zero-order valence-electron chi connectivity index (χ0n) is 9.58. The molecular formula is C12H17F2NO. The largest absolute Gasteiger partial charge is 0.392 e. The van der Waals surface area contributed by atoms with Crippen LogP contribution < -0.4 is 0 Å². The minimum absolute atomic E-state index is 0.0602. The number of hydrogen-bond acceptors (Lipinski definition) is 2. The Morgan fingerprint density at radius 2 is 1.88 bits per heavy atom. The molecule has 90 valence electrons. The van der Waals surface area contributed by atoms with E-state index in [1.54, 1.807) is 11.8 Å². The van der Waals surface area contributed by atoms with E-state index in [2.05, 4.69) is 0 Å². The number of rotatable bonds is 5. The number of aliphatic hydroxyl groups excluding tert-OH is 1. The summed E-state index contributed by atoms with van der Waals surface area (Å²) in [6.45, 7) is 4.77. The molecule has 1 rings (SSSR count). The lowest BCUT2D eigenvalue weighted by Gasteiger charge is -2.22. The number of likely N-dealkylation sites (N-methyl/N-ethyl adjacent to an activating group) is 1. The van der Waals surface area contributed by atoms with Gasteiger partial charge in [-0.3, -0.25) is 4.90 Å². The van der Waals surface area contributed by atoms with Crippen molar-refractivity contribution in [2.45, 2.75) is 26.5 Å². The Balaban J connectivity index is 2.77. The monoisotopic (exact) mass is 229 g/mol. The van der Waals surface area contributed by atoms with Gasteiger partial charge in [-0.05, 0) is 25.6 Å². The summed E-state index contributed by atoms with van der Waals surface area (Å²) in [5.41, 5.74) is 0.0602. The molecule has 0 aliphatic carbocycles. The highest BCUT2D eigenvalue weighted by Gasteiger charge is 2.13. The van der Waals surface area contributed by atoms with E-state index in [9.17, 15) is 13.9 Å². The molecule has 1 aromatic rings. The first-order valence-corrected chi connectivity index (χ1v) is 5.38. The molecule has 0 fully saturated rings. The van der Waals surface area contributed by atoms with Crippen LogP contribution in [0.5, 0.6) is 0 Å². The van der Waals surface area contributed by atoms with Gasteiger partial charge in [0.1, 0.15) is 11.6 Å². The van der Waals surface area contributed by atoms with Crippen molar-refractivity contribution in [2.24, 2.45) is 0 Å². The van der Waals surface area contributed by atoms with Crippen LogP contribution in [0.25, 0.3) is 0 Å². The van der Waals surface area contributed by atoms with Gasteiger partial charge in [-0.2, -0.15) is 0 Å². The van der Waals surface area contributed by atoms with Gasteiger partial charge in [-0.15, -0.1) is 0 Å². The molecule has 2 nitrogen and oxygen atoms in total. The van der Waals surface area contributed by atoms with Crippen LogP contribution in [-0.2, 0) is 6.54 Å². The van der Waals surface area contributed by atoms with Crippen LogP contribution in [0.4, 0.5) is 8.78 Å². The first-order valence-electron chi connectivity index (χ1n) is 5.38. The van der Waals surface area contributed by atoms with Crippen LogP contribution in [-0.4, -0.2) is 29.2 Å². The quantitative estimate of drug-likeness (QED) is 0.836. The lowest BCUT2D eigenvalue weighted by molar-refractivity contribution is 0.124. The molecule has 4 heteroatoms. The summed E-state index contributed by atoms with van der Waals surface area (Å²) >= 11 is 0. The molecule has 1 unspecified atom stereocenters. The van der Waals surface area contributed by atoms with Gasteiger partial charge < -0.3 is 5.11 Å².